The van der Waals surface area contributed by atoms with Crippen LogP contribution in [0.3, 0.4) is 0 Å². The molecule has 0 spiro atoms. The number of rotatable bonds is 7. The first-order chi connectivity index (χ1) is 14.6. The van der Waals surface area contributed by atoms with Gasteiger partial charge in [-0.15, -0.1) is 0 Å². The number of benzene rings is 1. The van der Waals surface area contributed by atoms with Gasteiger partial charge in [-0.3, -0.25) is 4.99 Å². The van der Waals surface area contributed by atoms with Crippen molar-refractivity contribution < 1.29 is 9.47 Å². The fourth-order valence-corrected chi connectivity index (χ4v) is 4.66. The van der Waals surface area contributed by atoms with E-state index in [1.165, 1.54) is 24.0 Å². The Hall–Kier alpha value is -1.59. The molecule has 1 saturated carbocycles. The summed E-state index contributed by atoms with van der Waals surface area (Å²) < 4.78 is 11.8. The number of aliphatic imine (C=N–C) groups is 1. The highest BCUT2D eigenvalue weighted by Gasteiger charge is 2.40. The summed E-state index contributed by atoms with van der Waals surface area (Å²) in [7, 11) is 0. The molecule has 2 heterocycles. The Kier molecular flexibility index (Phi) is 7.32. The lowest BCUT2D eigenvalue weighted by Crippen LogP contribution is -2.48. The molecule has 30 heavy (non-hydrogen) atoms. The van der Waals surface area contributed by atoms with E-state index in [1.807, 2.05) is 0 Å². The highest BCUT2D eigenvalue weighted by Crippen LogP contribution is 2.41. The predicted molar refractivity (Wildman–Crippen MR) is 122 cm³/mol. The molecule has 1 aromatic rings. The van der Waals surface area contributed by atoms with E-state index < -0.39 is 0 Å². The van der Waals surface area contributed by atoms with Gasteiger partial charge in [0.1, 0.15) is 0 Å². The molecule has 1 N–H and O–H groups in total. The van der Waals surface area contributed by atoms with Gasteiger partial charge in [-0.25, -0.2) is 0 Å². The maximum atomic E-state index is 6.14. The number of likely N-dealkylation sites (tertiary alicyclic amines) is 1. The molecule has 1 aliphatic carbocycles. The third-order valence-corrected chi connectivity index (χ3v) is 6.73. The summed E-state index contributed by atoms with van der Waals surface area (Å²) in [6.45, 7) is 11.1. The van der Waals surface area contributed by atoms with Gasteiger partial charge in [-0.2, -0.15) is 0 Å². The van der Waals surface area contributed by atoms with Crippen LogP contribution in [0.4, 0.5) is 0 Å². The Morgan fingerprint density at radius 2 is 1.97 bits per heavy atom. The average Bonchev–Trinajstić information content (AvgIpc) is 3.33. The molecule has 5 nitrogen and oxygen atoms in total. The van der Waals surface area contributed by atoms with Gasteiger partial charge < -0.3 is 19.7 Å². The number of nitrogens with one attached hydrogen (secondary N) is 1. The molecule has 2 aliphatic heterocycles. The van der Waals surface area contributed by atoms with Crippen molar-refractivity contribution in [1.82, 2.24) is 10.2 Å². The zero-order valence-electron chi connectivity index (χ0n) is 19.0. The monoisotopic (exact) mass is 413 g/mol. The number of ether oxygens (including phenoxy) is 2. The fourth-order valence-electron chi connectivity index (χ4n) is 4.66. The van der Waals surface area contributed by atoms with E-state index in [9.17, 15) is 0 Å². The number of piperidine rings is 1. The maximum Gasteiger partial charge on any atom is 0.194 e. The van der Waals surface area contributed by atoms with Crippen LogP contribution in [-0.2, 0) is 9.47 Å². The minimum atomic E-state index is 0.323. The Labute approximate surface area is 182 Å². The SMILES string of the molecule is CCN=C(NC1CC1c1ccc(C(C)C)cc1)N1CCC(OCC2CCCO2)CC1. The molecule has 0 aromatic heterocycles. The van der Waals surface area contributed by atoms with Crippen LogP contribution in [0.2, 0.25) is 0 Å². The second-order valence-corrected chi connectivity index (χ2v) is 9.37. The summed E-state index contributed by atoms with van der Waals surface area (Å²) >= 11 is 0. The van der Waals surface area contributed by atoms with E-state index in [0.29, 0.717) is 30.1 Å². The molecular formula is C25H39N3O2. The summed E-state index contributed by atoms with van der Waals surface area (Å²) in [5.41, 5.74) is 2.87. The average molecular weight is 414 g/mol. The number of nitrogens with zero attached hydrogens (tertiary/aromatic N) is 2. The van der Waals surface area contributed by atoms with Crippen molar-refractivity contribution in [2.24, 2.45) is 4.99 Å². The first kappa shape index (κ1) is 21.6. The van der Waals surface area contributed by atoms with Gasteiger partial charge in [0.05, 0.1) is 18.8 Å². The van der Waals surface area contributed by atoms with E-state index in [-0.39, 0.29) is 0 Å². The van der Waals surface area contributed by atoms with Crippen LogP contribution < -0.4 is 5.32 Å². The standard InChI is InChI=1S/C25H39N3O2/c1-4-26-25(27-24-16-23(24)20-9-7-19(8-10-20)18(2)3)28-13-11-21(12-14-28)30-17-22-6-5-15-29-22/h7-10,18,21-24H,4-6,11-17H2,1-3H3,(H,26,27). The Morgan fingerprint density at radius 1 is 1.20 bits per heavy atom. The molecule has 0 amide bonds. The normalized spacial score (nSPS) is 27.7. The molecule has 3 unspecified atom stereocenters. The third-order valence-electron chi connectivity index (χ3n) is 6.73. The van der Waals surface area contributed by atoms with E-state index in [0.717, 1.165) is 58.1 Å². The van der Waals surface area contributed by atoms with E-state index >= 15 is 0 Å². The molecule has 166 valence electrons. The van der Waals surface area contributed by atoms with Crippen LogP contribution >= 0.6 is 0 Å². The van der Waals surface area contributed by atoms with Crippen molar-refractivity contribution in [1.29, 1.82) is 0 Å². The second kappa shape index (κ2) is 10.1. The number of guanidine groups is 1. The first-order valence-electron chi connectivity index (χ1n) is 12.0. The molecular weight excluding hydrogens is 374 g/mol. The van der Waals surface area contributed by atoms with Crippen LogP contribution in [0, 0.1) is 0 Å². The first-order valence-corrected chi connectivity index (χ1v) is 12.0. The molecule has 4 rings (SSSR count). The third kappa shape index (κ3) is 5.55. The van der Waals surface area contributed by atoms with E-state index in [2.05, 4.69) is 55.3 Å². The topological polar surface area (TPSA) is 46.1 Å². The highest BCUT2D eigenvalue weighted by atomic mass is 16.5. The van der Waals surface area contributed by atoms with Gasteiger partial charge >= 0.3 is 0 Å². The van der Waals surface area contributed by atoms with Gasteiger partial charge in [0, 0.05) is 38.2 Å². The molecule has 2 saturated heterocycles. The van der Waals surface area contributed by atoms with Crippen molar-refractivity contribution in [2.45, 2.75) is 83.0 Å². The number of hydrogen-bond acceptors (Lipinski definition) is 3. The summed E-state index contributed by atoms with van der Waals surface area (Å²) in [6, 6.07) is 9.72. The Morgan fingerprint density at radius 3 is 2.60 bits per heavy atom. The van der Waals surface area contributed by atoms with Gasteiger partial charge in [0.2, 0.25) is 0 Å². The Balaban J connectivity index is 1.24. The van der Waals surface area contributed by atoms with E-state index in [1.54, 1.807) is 0 Å². The molecule has 3 aliphatic rings. The summed E-state index contributed by atoms with van der Waals surface area (Å²) in [4.78, 5) is 7.22. The zero-order chi connectivity index (χ0) is 20.9. The van der Waals surface area contributed by atoms with Crippen LogP contribution in [0.1, 0.15) is 75.8 Å². The zero-order valence-corrected chi connectivity index (χ0v) is 19.0. The fraction of sp³-hybridized carbons (Fsp3) is 0.720. The predicted octanol–water partition coefficient (Wildman–Crippen LogP) is 4.29. The van der Waals surface area contributed by atoms with Gasteiger partial charge in [0.15, 0.2) is 5.96 Å². The Bertz CT molecular complexity index is 689. The lowest BCUT2D eigenvalue weighted by atomic mass is 10.0. The van der Waals surface area contributed by atoms with Crippen molar-refractivity contribution in [2.75, 3.05) is 32.8 Å². The minimum absolute atomic E-state index is 0.323. The number of hydrogen-bond donors (Lipinski definition) is 1. The van der Waals surface area contributed by atoms with Crippen LogP contribution in [0.25, 0.3) is 0 Å². The molecule has 1 aromatic carbocycles. The van der Waals surface area contributed by atoms with Crippen LogP contribution in [-0.4, -0.2) is 62.0 Å². The smallest absolute Gasteiger partial charge is 0.194 e. The second-order valence-electron chi connectivity index (χ2n) is 9.37. The molecule has 0 bridgehead atoms. The molecule has 0 radical (unpaired) electrons. The largest absolute Gasteiger partial charge is 0.376 e. The quantitative estimate of drug-likeness (QED) is 0.535. The lowest BCUT2D eigenvalue weighted by Gasteiger charge is -2.34. The van der Waals surface area contributed by atoms with Gasteiger partial charge in [-0.1, -0.05) is 38.1 Å². The minimum Gasteiger partial charge on any atom is -0.376 e. The maximum absolute atomic E-state index is 6.14. The lowest BCUT2D eigenvalue weighted by molar-refractivity contribution is -0.0367. The van der Waals surface area contributed by atoms with Crippen molar-refractivity contribution in [3.63, 3.8) is 0 Å². The van der Waals surface area contributed by atoms with E-state index in [4.69, 9.17) is 14.5 Å². The molecule has 5 heteroatoms. The van der Waals surface area contributed by atoms with Crippen molar-refractivity contribution in [3.05, 3.63) is 35.4 Å². The van der Waals surface area contributed by atoms with Crippen molar-refractivity contribution in [3.8, 4) is 0 Å². The van der Waals surface area contributed by atoms with Crippen molar-refractivity contribution >= 4 is 5.96 Å². The summed E-state index contributed by atoms with van der Waals surface area (Å²) in [5, 5.41) is 3.75. The van der Waals surface area contributed by atoms with Crippen LogP contribution in [0.15, 0.2) is 29.3 Å². The highest BCUT2D eigenvalue weighted by molar-refractivity contribution is 5.81. The van der Waals surface area contributed by atoms with Gasteiger partial charge in [0.25, 0.3) is 0 Å². The summed E-state index contributed by atoms with van der Waals surface area (Å²) in [5.74, 6) is 2.29. The summed E-state index contributed by atoms with van der Waals surface area (Å²) in [6.07, 6.45) is 6.36. The van der Waals surface area contributed by atoms with Gasteiger partial charge in [-0.05, 0) is 56.1 Å². The van der Waals surface area contributed by atoms with Crippen LogP contribution in [0.5, 0.6) is 0 Å². The molecule has 3 fully saturated rings. The molecule has 3 atom stereocenters.